The number of hydrogen-bond donors (Lipinski definition) is 2. The van der Waals surface area contributed by atoms with Gasteiger partial charge in [0.15, 0.2) is 0 Å². The van der Waals surface area contributed by atoms with Crippen LogP contribution in [0.5, 0.6) is 0 Å². The summed E-state index contributed by atoms with van der Waals surface area (Å²) < 4.78 is 0. The predicted octanol–water partition coefficient (Wildman–Crippen LogP) is 2.95. The van der Waals surface area contributed by atoms with E-state index < -0.39 is 5.91 Å². The van der Waals surface area contributed by atoms with E-state index in [1.807, 2.05) is 12.1 Å². The third-order valence-electron chi connectivity index (χ3n) is 5.10. The Bertz CT molecular complexity index is 819. The largest absolute Gasteiger partial charge is 0.366 e. The van der Waals surface area contributed by atoms with Crippen LogP contribution in [0.15, 0.2) is 48.5 Å². The van der Waals surface area contributed by atoms with E-state index in [-0.39, 0.29) is 5.91 Å². The third kappa shape index (κ3) is 5.17. The molecule has 142 valence electrons. The first kappa shape index (κ1) is 19.1. The lowest BCUT2D eigenvalue weighted by Crippen LogP contribution is -2.34. The fourth-order valence-electron chi connectivity index (χ4n) is 3.65. The monoisotopic (exact) mass is 365 g/mol. The number of amides is 2. The summed E-state index contributed by atoms with van der Waals surface area (Å²) in [5.41, 5.74) is 8.43. The van der Waals surface area contributed by atoms with Crippen LogP contribution < -0.4 is 11.1 Å². The molecule has 2 aromatic carbocycles. The Morgan fingerprint density at radius 1 is 1.11 bits per heavy atom. The molecule has 1 atom stereocenters. The van der Waals surface area contributed by atoms with Crippen molar-refractivity contribution in [2.75, 3.05) is 13.1 Å². The number of piperidine rings is 1. The molecule has 2 aromatic rings. The first-order chi connectivity index (χ1) is 13.0. The summed E-state index contributed by atoms with van der Waals surface area (Å²) in [6.07, 6.45) is 2.55. The molecule has 1 heterocycles. The number of rotatable bonds is 6. The summed E-state index contributed by atoms with van der Waals surface area (Å²) in [5.74, 6) is -0.00611. The Hall–Kier alpha value is -2.66. The summed E-state index contributed by atoms with van der Waals surface area (Å²) >= 11 is 0. The van der Waals surface area contributed by atoms with Crippen molar-refractivity contribution < 1.29 is 9.59 Å². The zero-order chi connectivity index (χ0) is 19.2. The number of nitrogens with two attached hydrogens (primary N) is 1. The SMILES string of the molecule is C[C@H]1CCCN(Cc2ccccc2CNC(=O)c2cccc(C(N)=O)c2)C1. The molecule has 2 amide bonds. The zero-order valence-corrected chi connectivity index (χ0v) is 15.8. The first-order valence-electron chi connectivity index (χ1n) is 9.50. The van der Waals surface area contributed by atoms with E-state index in [2.05, 4.69) is 29.3 Å². The summed E-state index contributed by atoms with van der Waals surface area (Å²) in [6, 6.07) is 14.7. The predicted molar refractivity (Wildman–Crippen MR) is 106 cm³/mol. The van der Waals surface area contributed by atoms with Gasteiger partial charge in [0.1, 0.15) is 0 Å². The van der Waals surface area contributed by atoms with Gasteiger partial charge in [-0.3, -0.25) is 14.5 Å². The summed E-state index contributed by atoms with van der Waals surface area (Å²) in [5, 5.41) is 2.96. The van der Waals surface area contributed by atoms with Crippen LogP contribution in [0.1, 0.15) is 51.6 Å². The highest BCUT2D eigenvalue weighted by atomic mass is 16.2. The fourth-order valence-corrected chi connectivity index (χ4v) is 3.65. The molecular formula is C22H27N3O2. The van der Waals surface area contributed by atoms with Crippen molar-refractivity contribution in [1.82, 2.24) is 10.2 Å². The van der Waals surface area contributed by atoms with E-state index in [0.717, 1.165) is 31.1 Å². The lowest BCUT2D eigenvalue weighted by Gasteiger charge is -2.31. The van der Waals surface area contributed by atoms with E-state index in [0.29, 0.717) is 17.7 Å². The van der Waals surface area contributed by atoms with E-state index in [1.165, 1.54) is 24.5 Å². The number of carbonyl (C=O) groups excluding carboxylic acids is 2. The number of carbonyl (C=O) groups is 2. The number of primary amides is 1. The topological polar surface area (TPSA) is 75.4 Å². The highest BCUT2D eigenvalue weighted by Crippen LogP contribution is 2.19. The highest BCUT2D eigenvalue weighted by molar-refractivity contribution is 5.99. The Morgan fingerprint density at radius 3 is 2.59 bits per heavy atom. The Balaban J connectivity index is 1.65. The maximum atomic E-state index is 12.5. The average Bonchev–Trinajstić information content (AvgIpc) is 2.67. The molecule has 1 aliphatic rings. The maximum Gasteiger partial charge on any atom is 0.251 e. The second kappa shape index (κ2) is 8.82. The maximum absolute atomic E-state index is 12.5. The van der Waals surface area contributed by atoms with E-state index in [9.17, 15) is 9.59 Å². The lowest BCUT2D eigenvalue weighted by molar-refractivity contribution is 0.0950. The van der Waals surface area contributed by atoms with Crippen molar-refractivity contribution in [3.8, 4) is 0 Å². The normalized spacial score (nSPS) is 17.4. The van der Waals surface area contributed by atoms with Crippen LogP contribution in [0.4, 0.5) is 0 Å². The Labute approximate surface area is 160 Å². The molecule has 1 fully saturated rings. The fraction of sp³-hybridized carbons (Fsp3) is 0.364. The molecule has 0 saturated carbocycles. The number of nitrogens with zero attached hydrogens (tertiary/aromatic N) is 1. The van der Waals surface area contributed by atoms with Gasteiger partial charge < -0.3 is 11.1 Å². The van der Waals surface area contributed by atoms with Crippen LogP contribution in [0.2, 0.25) is 0 Å². The van der Waals surface area contributed by atoms with Gasteiger partial charge in [-0.25, -0.2) is 0 Å². The minimum atomic E-state index is -0.536. The van der Waals surface area contributed by atoms with Crippen molar-refractivity contribution >= 4 is 11.8 Å². The van der Waals surface area contributed by atoms with Gasteiger partial charge in [-0.05, 0) is 54.6 Å². The molecule has 1 aliphatic heterocycles. The second-order valence-corrected chi connectivity index (χ2v) is 7.38. The molecule has 5 nitrogen and oxygen atoms in total. The van der Waals surface area contributed by atoms with Gasteiger partial charge in [0.25, 0.3) is 5.91 Å². The smallest absolute Gasteiger partial charge is 0.251 e. The number of benzene rings is 2. The standard InChI is InChI=1S/C22H27N3O2/c1-16-6-5-11-25(14-16)15-20-8-3-2-7-19(20)13-24-22(27)18-10-4-9-17(12-18)21(23)26/h2-4,7-10,12,16H,5-6,11,13-15H2,1H3,(H2,23,26)(H,24,27)/t16-/m0/s1. The Morgan fingerprint density at radius 2 is 1.85 bits per heavy atom. The molecule has 27 heavy (non-hydrogen) atoms. The molecule has 1 saturated heterocycles. The minimum absolute atomic E-state index is 0.209. The number of likely N-dealkylation sites (tertiary alicyclic amines) is 1. The molecule has 0 spiro atoms. The average molecular weight is 365 g/mol. The third-order valence-corrected chi connectivity index (χ3v) is 5.10. The second-order valence-electron chi connectivity index (χ2n) is 7.38. The van der Waals surface area contributed by atoms with E-state index in [1.54, 1.807) is 18.2 Å². The molecule has 0 aliphatic carbocycles. The molecule has 0 bridgehead atoms. The van der Waals surface area contributed by atoms with Crippen LogP contribution >= 0.6 is 0 Å². The summed E-state index contributed by atoms with van der Waals surface area (Å²) in [6.45, 7) is 5.93. The number of nitrogens with one attached hydrogen (secondary N) is 1. The molecule has 0 aromatic heterocycles. The van der Waals surface area contributed by atoms with Crippen molar-refractivity contribution in [3.63, 3.8) is 0 Å². The van der Waals surface area contributed by atoms with E-state index >= 15 is 0 Å². The van der Waals surface area contributed by atoms with Crippen LogP contribution in [-0.4, -0.2) is 29.8 Å². The zero-order valence-electron chi connectivity index (χ0n) is 15.8. The summed E-state index contributed by atoms with van der Waals surface area (Å²) in [4.78, 5) is 26.3. The van der Waals surface area contributed by atoms with Crippen molar-refractivity contribution in [1.29, 1.82) is 0 Å². The van der Waals surface area contributed by atoms with Crippen molar-refractivity contribution in [2.24, 2.45) is 11.7 Å². The molecule has 0 radical (unpaired) electrons. The van der Waals surface area contributed by atoms with Gasteiger partial charge in [0.2, 0.25) is 5.91 Å². The molecule has 0 unspecified atom stereocenters. The van der Waals surface area contributed by atoms with Crippen LogP contribution in [0.25, 0.3) is 0 Å². The molecule has 3 rings (SSSR count). The molecule has 3 N–H and O–H groups in total. The quantitative estimate of drug-likeness (QED) is 0.826. The molecular weight excluding hydrogens is 338 g/mol. The number of hydrogen-bond acceptors (Lipinski definition) is 3. The van der Waals surface area contributed by atoms with Gasteiger partial charge in [0.05, 0.1) is 0 Å². The summed E-state index contributed by atoms with van der Waals surface area (Å²) in [7, 11) is 0. The van der Waals surface area contributed by atoms with Crippen LogP contribution in [-0.2, 0) is 13.1 Å². The van der Waals surface area contributed by atoms with Crippen LogP contribution in [0.3, 0.4) is 0 Å². The van der Waals surface area contributed by atoms with Gasteiger partial charge in [-0.15, -0.1) is 0 Å². The van der Waals surface area contributed by atoms with Gasteiger partial charge in [0, 0.05) is 30.8 Å². The highest BCUT2D eigenvalue weighted by Gasteiger charge is 2.17. The van der Waals surface area contributed by atoms with Crippen LogP contribution in [0, 0.1) is 5.92 Å². The van der Waals surface area contributed by atoms with Gasteiger partial charge in [-0.1, -0.05) is 37.3 Å². The van der Waals surface area contributed by atoms with E-state index in [4.69, 9.17) is 5.73 Å². The Kier molecular flexibility index (Phi) is 6.24. The lowest BCUT2D eigenvalue weighted by atomic mass is 9.99. The molecule has 5 heteroatoms. The minimum Gasteiger partial charge on any atom is -0.366 e. The first-order valence-corrected chi connectivity index (χ1v) is 9.50. The van der Waals surface area contributed by atoms with Gasteiger partial charge >= 0.3 is 0 Å². The van der Waals surface area contributed by atoms with Crippen molar-refractivity contribution in [3.05, 3.63) is 70.8 Å². The van der Waals surface area contributed by atoms with Gasteiger partial charge in [-0.2, -0.15) is 0 Å². The van der Waals surface area contributed by atoms with Crippen molar-refractivity contribution in [2.45, 2.75) is 32.9 Å².